The van der Waals surface area contributed by atoms with Gasteiger partial charge >= 0.3 is 0 Å². The molecule has 0 radical (unpaired) electrons. The van der Waals surface area contributed by atoms with E-state index in [0.717, 1.165) is 27.2 Å². The molecule has 0 fully saturated rings. The summed E-state index contributed by atoms with van der Waals surface area (Å²) in [5, 5.41) is 7.36. The Morgan fingerprint density at radius 1 is 1.23 bits per heavy atom. The molecule has 2 N–H and O–H groups in total. The molecule has 2 aromatic heterocycles. The molecule has 2 heterocycles. The molecule has 0 unspecified atom stereocenters. The number of aryl methyl sites for hydroxylation is 1. The van der Waals surface area contributed by atoms with Crippen molar-refractivity contribution in [1.29, 1.82) is 0 Å². The minimum Gasteiger partial charge on any atom is -0.349 e. The van der Waals surface area contributed by atoms with Crippen molar-refractivity contribution < 1.29 is 4.79 Å². The Bertz CT molecular complexity index is 1100. The van der Waals surface area contributed by atoms with Crippen LogP contribution in [0.5, 0.6) is 0 Å². The number of fused-ring (bicyclic) bond motifs is 1. The number of carbonyl (C=O) groups excluding carboxylic acids is 1. The first kappa shape index (κ1) is 16.8. The summed E-state index contributed by atoms with van der Waals surface area (Å²) in [6, 6.07) is 15.5. The maximum atomic E-state index is 12.4. The highest BCUT2D eigenvalue weighted by molar-refractivity contribution is 7.13. The van der Waals surface area contributed by atoms with Crippen molar-refractivity contribution in [2.75, 3.05) is 0 Å². The zero-order valence-electron chi connectivity index (χ0n) is 14.0. The van der Waals surface area contributed by atoms with Gasteiger partial charge in [-0.25, -0.2) is 4.98 Å². The number of nitrogens with one attached hydrogen (secondary N) is 2. The van der Waals surface area contributed by atoms with E-state index in [9.17, 15) is 4.79 Å². The van der Waals surface area contributed by atoms with Crippen molar-refractivity contribution in [1.82, 2.24) is 15.3 Å². The van der Waals surface area contributed by atoms with Crippen LogP contribution in [0.2, 0.25) is 5.02 Å². The lowest BCUT2D eigenvalue weighted by Crippen LogP contribution is -2.23. The van der Waals surface area contributed by atoms with Crippen LogP contribution in [0.15, 0.2) is 53.9 Å². The van der Waals surface area contributed by atoms with E-state index < -0.39 is 0 Å². The van der Waals surface area contributed by atoms with Crippen molar-refractivity contribution in [3.05, 3.63) is 75.9 Å². The van der Waals surface area contributed by atoms with Crippen molar-refractivity contribution in [2.45, 2.75) is 13.5 Å². The minimum absolute atomic E-state index is 0.178. The summed E-state index contributed by atoms with van der Waals surface area (Å²) >= 11 is 7.73. The molecule has 4 aromatic rings. The lowest BCUT2D eigenvalue weighted by atomic mass is 10.1. The monoisotopic (exact) mass is 381 g/mol. The summed E-state index contributed by atoms with van der Waals surface area (Å²) in [4.78, 5) is 20.1. The van der Waals surface area contributed by atoms with Crippen LogP contribution >= 0.6 is 22.9 Å². The average molecular weight is 382 g/mol. The van der Waals surface area contributed by atoms with Crippen LogP contribution in [0.3, 0.4) is 0 Å². The maximum Gasteiger partial charge on any atom is 0.268 e. The Labute approximate surface area is 159 Å². The fourth-order valence-corrected chi connectivity index (χ4v) is 3.97. The van der Waals surface area contributed by atoms with Gasteiger partial charge in [-0.15, -0.1) is 11.3 Å². The van der Waals surface area contributed by atoms with Crippen LogP contribution in [0, 0.1) is 6.92 Å². The molecule has 26 heavy (non-hydrogen) atoms. The van der Waals surface area contributed by atoms with Crippen LogP contribution in [0.1, 0.15) is 21.7 Å². The molecule has 0 bridgehead atoms. The molecule has 130 valence electrons. The lowest BCUT2D eigenvalue weighted by Gasteiger charge is -2.02. The van der Waals surface area contributed by atoms with E-state index in [0.29, 0.717) is 17.3 Å². The third-order valence-corrected chi connectivity index (χ3v) is 5.45. The van der Waals surface area contributed by atoms with Gasteiger partial charge in [0.2, 0.25) is 0 Å². The van der Waals surface area contributed by atoms with E-state index in [1.807, 2.05) is 29.6 Å². The van der Waals surface area contributed by atoms with Crippen molar-refractivity contribution in [2.24, 2.45) is 0 Å². The number of amides is 1. The summed E-state index contributed by atoms with van der Waals surface area (Å²) in [6.07, 6.45) is 0. The molecule has 2 aromatic carbocycles. The van der Waals surface area contributed by atoms with E-state index in [4.69, 9.17) is 11.6 Å². The number of rotatable bonds is 4. The number of aromatic nitrogens is 2. The highest BCUT2D eigenvalue weighted by Gasteiger charge is 2.12. The first-order valence-corrected chi connectivity index (χ1v) is 9.43. The summed E-state index contributed by atoms with van der Waals surface area (Å²) < 4.78 is 0. The third kappa shape index (κ3) is 3.23. The van der Waals surface area contributed by atoms with Crippen LogP contribution in [-0.2, 0) is 6.54 Å². The van der Waals surface area contributed by atoms with Crippen molar-refractivity contribution >= 4 is 39.7 Å². The zero-order valence-corrected chi connectivity index (χ0v) is 15.6. The van der Waals surface area contributed by atoms with E-state index >= 15 is 0 Å². The molecule has 6 heteroatoms. The van der Waals surface area contributed by atoms with Gasteiger partial charge < -0.3 is 10.3 Å². The normalized spacial score (nSPS) is 11.0. The number of hydrogen-bond donors (Lipinski definition) is 2. The molecule has 0 aliphatic heterocycles. The van der Waals surface area contributed by atoms with Gasteiger partial charge in [-0.1, -0.05) is 48.0 Å². The molecule has 0 aliphatic rings. The molecule has 4 rings (SSSR count). The summed E-state index contributed by atoms with van der Waals surface area (Å²) in [5.41, 5.74) is 4.42. The fourth-order valence-electron chi connectivity index (χ4n) is 2.83. The standard InChI is InChI=1S/C20H16ClN3OS/c1-12-5-2-3-7-15(12)20-23-14(11-26-20)10-22-19(25)17-9-13-6-4-8-16(21)18(13)24-17/h2-9,11,24H,10H2,1H3,(H,22,25). The second-order valence-corrected chi connectivity index (χ2v) is 7.29. The van der Waals surface area contributed by atoms with Gasteiger partial charge in [0.1, 0.15) is 10.7 Å². The zero-order chi connectivity index (χ0) is 18.1. The molecule has 0 aliphatic carbocycles. The topological polar surface area (TPSA) is 57.8 Å². The predicted molar refractivity (Wildman–Crippen MR) is 107 cm³/mol. The lowest BCUT2D eigenvalue weighted by molar-refractivity contribution is 0.0946. The first-order chi connectivity index (χ1) is 12.6. The summed E-state index contributed by atoms with van der Waals surface area (Å²) in [6.45, 7) is 2.45. The molecule has 1 amide bonds. The van der Waals surface area contributed by atoms with Gasteiger partial charge in [-0.05, 0) is 24.6 Å². The van der Waals surface area contributed by atoms with E-state index in [1.54, 1.807) is 23.5 Å². The number of benzene rings is 2. The Balaban J connectivity index is 1.48. The van der Waals surface area contributed by atoms with Gasteiger partial charge in [0.15, 0.2) is 0 Å². The smallest absolute Gasteiger partial charge is 0.268 e. The van der Waals surface area contributed by atoms with E-state index in [2.05, 4.69) is 34.3 Å². The molecule has 0 saturated carbocycles. The second-order valence-electron chi connectivity index (χ2n) is 6.03. The number of thiazole rings is 1. The largest absolute Gasteiger partial charge is 0.349 e. The Morgan fingerprint density at radius 2 is 2.08 bits per heavy atom. The number of H-pyrrole nitrogens is 1. The molecule has 0 atom stereocenters. The quantitative estimate of drug-likeness (QED) is 0.511. The number of carbonyl (C=O) groups is 1. The van der Waals surface area contributed by atoms with Crippen LogP contribution in [0.25, 0.3) is 21.5 Å². The maximum absolute atomic E-state index is 12.4. The van der Waals surface area contributed by atoms with E-state index in [-0.39, 0.29) is 5.91 Å². The number of nitrogens with zero attached hydrogens (tertiary/aromatic N) is 1. The van der Waals surface area contributed by atoms with Crippen LogP contribution in [-0.4, -0.2) is 15.9 Å². The van der Waals surface area contributed by atoms with Gasteiger partial charge in [0, 0.05) is 16.3 Å². The molecular formula is C20H16ClN3OS. The van der Waals surface area contributed by atoms with Crippen LogP contribution < -0.4 is 5.32 Å². The van der Waals surface area contributed by atoms with Gasteiger partial charge in [0.05, 0.1) is 22.8 Å². The number of hydrogen-bond acceptors (Lipinski definition) is 3. The summed E-state index contributed by atoms with van der Waals surface area (Å²) in [5.74, 6) is -0.178. The number of halogens is 1. The Kier molecular flexibility index (Phi) is 4.49. The third-order valence-electron chi connectivity index (χ3n) is 4.21. The van der Waals surface area contributed by atoms with Gasteiger partial charge in [0.25, 0.3) is 5.91 Å². The highest BCUT2D eigenvalue weighted by atomic mass is 35.5. The Morgan fingerprint density at radius 3 is 2.88 bits per heavy atom. The molecule has 0 saturated heterocycles. The Hall–Kier alpha value is -2.63. The van der Waals surface area contributed by atoms with Crippen molar-refractivity contribution in [3.63, 3.8) is 0 Å². The molecular weight excluding hydrogens is 366 g/mol. The minimum atomic E-state index is -0.178. The van der Waals surface area contributed by atoms with E-state index in [1.165, 1.54) is 5.56 Å². The fraction of sp³-hybridized carbons (Fsp3) is 0.100. The SMILES string of the molecule is Cc1ccccc1-c1nc(CNC(=O)c2cc3cccc(Cl)c3[nH]2)cs1. The van der Waals surface area contributed by atoms with Crippen molar-refractivity contribution in [3.8, 4) is 10.6 Å². The summed E-state index contributed by atoms with van der Waals surface area (Å²) in [7, 11) is 0. The number of aromatic amines is 1. The van der Waals surface area contributed by atoms with Crippen LogP contribution in [0.4, 0.5) is 0 Å². The average Bonchev–Trinajstić information content (AvgIpc) is 3.28. The van der Waals surface area contributed by atoms with Gasteiger partial charge in [-0.3, -0.25) is 4.79 Å². The predicted octanol–water partition coefficient (Wildman–Crippen LogP) is 5.18. The number of para-hydroxylation sites is 1. The molecule has 4 nitrogen and oxygen atoms in total. The second kappa shape index (κ2) is 6.94. The molecule has 0 spiro atoms. The highest BCUT2D eigenvalue weighted by Crippen LogP contribution is 2.27. The first-order valence-electron chi connectivity index (χ1n) is 8.17. The van der Waals surface area contributed by atoms with Gasteiger partial charge in [-0.2, -0.15) is 0 Å².